The van der Waals surface area contributed by atoms with Gasteiger partial charge in [-0.25, -0.2) is 4.90 Å². The van der Waals surface area contributed by atoms with E-state index in [1.54, 1.807) is 36.4 Å². The molecule has 2 aliphatic rings. The highest BCUT2D eigenvalue weighted by atomic mass is 16.5. The van der Waals surface area contributed by atoms with Crippen LogP contribution in [0, 0.1) is 6.92 Å². The lowest BCUT2D eigenvalue weighted by Gasteiger charge is -2.20. The number of amides is 3. The van der Waals surface area contributed by atoms with E-state index >= 15 is 0 Å². The summed E-state index contributed by atoms with van der Waals surface area (Å²) in [5, 5.41) is 11.9. The van der Waals surface area contributed by atoms with E-state index in [2.05, 4.69) is 15.7 Å². The predicted octanol–water partition coefficient (Wildman–Crippen LogP) is 3.72. The van der Waals surface area contributed by atoms with E-state index in [0.29, 0.717) is 22.9 Å². The Morgan fingerprint density at radius 2 is 1.59 bits per heavy atom. The lowest BCUT2D eigenvalue weighted by Crippen LogP contribution is -2.43. The molecule has 2 heterocycles. The second-order valence-corrected chi connectivity index (χ2v) is 8.03. The molecule has 2 aliphatic heterocycles. The lowest BCUT2D eigenvalue weighted by molar-refractivity contribution is -0.123. The lowest BCUT2D eigenvalue weighted by atomic mass is 10.1. The molecule has 0 spiro atoms. The van der Waals surface area contributed by atoms with Gasteiger partial charge in [-0.3, -0.25) is 19.4 Å². The third kappa shape index (κ3) is 4.11. The molecule has 3 aromatic rings. The second-order valence-electron chi connectivity index (χ2n) is 8.03. The first-order valence-electron chi connectivity index (χ1n) is 10.7. The van der Waals surface area contributed by atoms with Crippen LogP contribution in [0.15, 0.2) is 89.2 Å². The zero-order valence-electron chi connectivity index (χ0n) is 18.3. The summed E-state index contributed by atoms with van der Waals surface area (Å²) in [4.78, 5) is 39.5. The van der Waals surface area contributed by atoms with Crippen LogP contribution < -0.4 is 15.0 Å². The average Bonchev–Trinajstić information content (AvgIpc) is 3.36. The van der Waals surface area contributed by atoms with E-state index in [4.69, 9.17) is 4.74 Å². The highest BCUT2D eigenvalue weighted by molar-refractivity contribution is 6.25. The van der Waals surface area contributed by atoms with Crippen molar-refractivity contribution in [2.45, 2.75) is 19.0 Å². The molecule has 0 aromatic heterocycles. The third-order valence-corrected chi connectivity index (χ3v) is 5.57. The SMILES string of the molecule is Cc1ccc(N2C(=O)[C@@H]3N=NN(CC(=O)Nc4ccc(Oc5ccccc5)cc4)[C@H]3C2=O)cc1. The molecule has 1 fully saturated rings. The van der Waals surface area contributed by atoms with Crippen LogP contribution in [0.1, 0.15) is 5.56 Å². The van der Waals surface area contributed by atoms with Crippen LogP contribution in [-0.4, -0.2) is 41.4 Å². The van der Waals surface area contributed by atoms with Crippen LogP contribution >= 0.6 is 0 Å². The minimum absolute atomic E-state index is 0.215. The van der Waals surface area contributed by atoms with Crippen molar-refractivity contribution in [1.29, 1.82) is 0 Å². The van der Waals surface area contributed by atoms with Gasteiger partial charge < -0.3 is 10.1 Å². The van der Waals surface area contributed by atoms with Crippen LogP contribution in [0.3, 0.4) is 0 Å². The van der Waals surface area contributed by atoms with Gasteiger partial charge in [-0.15, -0.1) is 0 Å². The van der Waals surface area contributed by atoms with Crippen molar-refractivity contribution in [1.82, 2.24) is 5.01 Å². The molecule has 34 heavy (non-hydrogen) atoms. The number of anilines is 2. The standard InChI is InChI=1S/C25H21N5O4/c1-16-7-11-18(12-8-16)30-24(32)22-23(25(30)33)29(28-27-22)15-21(31)26-17-9-13-20(14-10-17)34-19-5-3-2-4-6-19/h2-14,22-23H,15H2,1H3,(H,26,31)/t22-,23-/m1/s1. The van der Waals surface area contributed by atoms with Crippen molar-refractivity contribution >= 4 is 29.1 Å². The van der Waals surface area contributed by atoms with E-state index in [1.165, 1.54) is 5.01 Å². The number of carbonyl (C=O) groups excluding carboxylic acids is 3. The number of hydrogen-bond acceptors (Lipinski definition) is 7. The zero-order valence-corrected chi connectivity index (χ0v) is 18.3. The number of benzene rings is 3. The fraction of sp³-hybridized carbons (Fsp3) is 0.160. The Morgan fingerprint density at radius 1 is 0.912 bits per heavy atom. The molecule has 1 N–H and O–H groups in total. The molecule has 9 nitrogen and oxygen atoms in total. The van der Waals surface area contributed by atoms with Crippen molar-refractivity contribution in [3.63, 3.8) is 0 Å². The van der Waals surface area contributed by atoms with Crippen molar-refractivity contribution in [3.8, 4) is 11.5 Å². The van der Waals surface area contributed by atoms with Crippen molar-refractivity contribution < 1.29 is 19.1 Å². The van der Waals surface area contributed by atoms with E-state index in [-0.39, 0.29) is 12.5 Å². The van der Waals surface area contributed by atoms with E-state index in [1.807, 2.05) is 49.4 Å². The third-order valence-electron chi connectivity index (χ3n) is 5.57. The van der Waals surface area contributed by atoms with Gasteiger partial charge in [-0.2, -0.15) is 5.11 Å². The topological polar surface area (TPSA) is 104 Å². The Morgan fingerprint density at radius 3 is 2.29 bits per heavy atom. The molecule has 0 aliphatic carbocycles. The van der Waals surface area contributed by atoms with E-state index in [0.717, 1.165) is 10.5 Å². The summed E-state index contributed by atoms with van der Waals surface area (Å²) in [6.07, 6.45) is 0. The molecule has 3 aromatic carbocycles. The Hall–Kier alpha value is -4.53. The van der Waals surface area contributed by atoms with Gasteiger partial charge in [-0.1, -0.05) is 41.1 Å². The Kier molecular flexibility index (Phi) is 5.51. The highest BCUT2D eigenvalue weighted by Gasteiger charge is 2.55. The summed E-state index contributed by atoms with van der Waals surface area (Å²) >= 11 is 0. The first-order valence-corrected chi connectivity index (χ1v) is 10.7. The molecule has 9 heteroatoms. The summed E-state index contributed by atoms with van der Waals surface area (Å²) in [6, 6.07) is 21.5. The molecule has 170 valence electrons. The van der Waals surface area contributed by atoms with Gasteiger partial charge in [0, 0.05) is 5.69 Å². The van der Waals surface area contributed by atoms with Crippen LogP contribution in [0.25, 0.3) is 0 Å². The van der Waals surface area contributed by atoms with Crippen LogP contribution in [0.4, 0.5) is 11.4 Å². The number of fused-ring (bicyclic) bond motifs is 1. The number of hydrogen-bond donors (Lipinski definition) is 1. The van der Waals surface area contributed by atoms with Crippen molar-refractivity contribution in [2.24, 2.45) is 10.3 Å². The maximum atomic E-state index is 13.0. The number of imide groups is 1. The monoisotopic (exact) mass is 455 g/mol. The van der Waals surface area contributed by atoms with Gasteiger partial charge in [0.2, 0.25) is 5.91 Å². The van der Waals surface area contributed by atoms with E-state index < -0.39 is 23.9 Å². The summed E-state index contributed by atoms with van der Waals surface area (Å²) < 4.78 is 5.75. The number of nitrogens with one attached hydrogen (secondary N) is 1. The highest BCUT2D eigenvalue weighted by Crippen LogP contribution is 2.32. The molecule has 0 unspecified atom stereocenters. The normalized spacial score (nSPS) is 18.9. The summed E-state index contributed by atoms with van der Waals surface area (Å²) in [5.74, 6) is 0.0688. The molecular formula is C25H21N5O4. The Bertz CT molecular complexity index is 1260. The predicted molar refractivity (Wildman–Crippen MR) is 124 cm³/mol. The smallest absolute Gasteiger partial charge is 0.263 e. The minimum atomic E-state index is -0.948. The number of rotatable bonds is 6. The van der Waals surface area contributed by atoms with Gasteiger partial charge in [0.25, 0.3) is 11.8 Å². The number of aryl methyl sites for hydroxylation is 1. The zero-order chi connectivity index (χ0) is 23.7. The fourth-order valence-electron chi connectivity index (χ4n) is 3.88. The second kappa shape index (κ2) is 8.78. The summed E-state index contributed by atoms with van der Waals surface area (Å²) in [6.45, 7) is 1.71. The largest absolute Gasteiger partial charge is 0.457 e. The molecule has 0 bridgehead atoms. The van der Waals surface area contributed by atoms with Gasteiger partial charge in [0.05, 0.1) is 5.69 Å². The van der Waals surface area contributed by atoms with Gasteiger partial charge in [0.1, 0.15) is 18.0 Å². The Balaban J connectivity index is 1.22. The number of para-hydroxylation sites is 1. The molecule has 0 radical (unpaired) electrons. The maximum absolute atomic E-state index is 13.0. The first-order chi connectivity index (χ1) is 16.5. The quantitative estimate of drug-likeness (QED) is 0.571. The van der Waals surface area contributed by atoms with Crippen molar-refractivity contribution in [3.05, 3.63) is 84.4 Å². The first kappa shape index (κ1) is 21.3. The molecule has 5 rings (SSSR count). The van der Waals surface area contributed by atoms with Crippen LogP contribution in [0.2, 0.25) is 0 Å². The molecule has 0 saturated carbocycles. The maximum Gasteiger partial charge on any atom is 0.263 e. The summed E-state index contributed by atoms with van der Waals surface area (Å²) in [7, 11) is 0. The van der Waals surface area contributed by atoms with Crippen LogP contribution in [0.5, 0.6) is 11.5 Å². The van der Waals surface area contributed by atoms with Gasteiger partial charge >= 0.3 is 0 Å². The van der Waals surface area contributed by atoms with E-state index in [9.17, 15) is 14.4 Å². The number of ether oxygens (including phenoxy) is 1. The van der Waals surface area contributed by atoms with Crippen LogP contribution in [-0.2, 0) is 14.4 Å². The average molecular weight is 455 g/mol. The Labute approximate surface area is 195 Å². The molecule has 2 atom stereocenters. The molecular weight excluding hydrogens is 434 g/mol. The van der Waals surface area contributed by atoms with Gasteiger partial charge in [0.15, 0.2) is 12.1 Å². The number of nitrogens with zero attached hydrogens (tertiary/aromatic N) is 4. The molecule has 3 amide bonds. The minimum Gasteiger partial charge on any atom is -0.457 e. The number of carbonyl (C=O) groups is 3. The van der Waals surface area contributed by atoms with Crippen molar-refractivity contribution in [2.75, 3.05) is 16.8 Å². The molecule has 1 saturated heterocycles. The van der Waals surface area contributed by atoms with Gasteiger partial charge in [-0.05, 0) is 55.5 Å². The summed E-state index contributed by atoms with van der Waals surface area (Å²) in [5.41, 5.74) is 2.06. The fourth-order valence-corrected chi connectivity index (χ4v) is 3.88.